The van der Waals surface area contributed by atoms with E-state index in [1.165, 1.54) is 0 Å². The highest BCUT2D eigenvalue weighted by atomic mass is 16.2. The number of piperazine rings is 1. The molecule has 1 aliphatic rings. The predicted molar refractivity (Wildman–Crippen MR) is 91.5 cm³/mol. The van der Waals surface area contributed by atoms with E-state index in [-0.39, 0.29) is 24.9 Å². The van der Waals surface area contributed by atoms with Crippen molar-refractivity contribution in [2.45, 2.75) is 6.92 Å². The van der Waals surface area contributed by atoms with Crippen LogP contribution in [0.25, 0.3) is 0 Å². The van der Waals surface area contributed by atoms with E-state index in [1.807, 2.05) is 24.3 Å². The molecule has 1 fully saturated rings. The molecule has 4 N–H and O–H groups in total. The average Bonchev–Trinajstić information content (AvgIpc) is 2.60. The first-order valence-corrected chi connectivity index (χ1v) is 7.97. The molecule has 0 aliphatic carbocycles. The molecule has 2 rings (SSSR count). The molecule has 0 saturated carbocycles. The zero-order valence-electron chi connectivity index (χ0n) is 13.5. The molecule has 0 radical (unpaired) electrons. The van der Waals surface area contributed by atoms with Gasteiger partial charge in [0.15, 0.2) is 0 Å². The Hall–Kier alpha value is -2.12. The van der Waals surface area contributed by atoms with E-state index in [2.05, 4.69) is 27.4 Å². The zero-order valence-corrected chi connectivity index (χ0v) is 13.5. The summed E-state index contributed by atoms with van der Waals surface area (Å²) in [6.07, 6.45) is 0. The van der Waals surface area contributed by atoms with Crippen molar-refractivity contribution in [2.75, 3.05) is 56.0 Å². The lowest BCUT2D eigenvalue weighted by Gasteiger charge is -2.36. The molecule has 0 bridgehead atoms. The van der Waals surface area contributed by atoms with Crippen LogP contribution in [0.4, 0.5) is 11.4 Å². The standard InChI is InChI=1S/C16H25N5O2/c1-2-20-7-9-21(10-8-20)14-6-4-3-5-13(14)19-16(23)12-18-15(22)11-17/h3-6H,2,7-12,17H2,1H3,(H,18,22)(H,19,23). The maximum Gasteiger partial charge on any atom is 0.243 e. The second kappa shape index (κ2) is 8.50. The third-order valence-electron chi connectivity index (χ3n) is 3.97. The van der Waals surface area contributed by atoms with Crippen molar-refractivity contribution >= 4 is 23.2 Å². The fraction of sp³-hybridized carbons (Fsp3) is 0.500. The molecular weight excluding hydrogens is 294 g/mol. The number of likely N-dealkylation sites (N-methyl/N-ethyl adjacent to an activating group) is 1. The van der Waals surface area contributed by atoms with E-state index in [0.29, 0.717) is 0 Å². The molecule has 1 heterocycles. The summed E-state index contributed by atoms with van der Waals surface area (Å²) < 4.78 is 0. The molecule has 0 unspecified atom stereocenters. The maximum absolute atomic E-state index is 12.0. The summed E-state index contributed by atoms with van der Waals surface area (Å²) in [6, 6.07) is 7.74. The van der Waals surface area contributed by atoms with Gasteiger partial charge >= 0.3 is 0 Å². The molecule has 1 aliphatic heterocycles. The summed E-state index contributed by atoms with van der Waals surface area (Å²) >= 11 is 0. The number of anilines is 2. The Kier molecular flexibility index (Phi) is 6.37. The summed E-state index contributed by atoms with van der Waals surface area (Å²) in [5.74, 6) is -0.601. The topological polar surface area (TPSA) is 90.7 Å². The number of nitrogens with one attached hydrogen (secondary N) is 2. The number of rotatable bonds is 6. The van der Waals surface area contributed by atoms with Gasteiger partial charge in [-0.05, 0) is 18.7 Å². The van der Waals surface area contributed by atoms with Crippen LogP contribution < -0.4 is 21.3 Å². The van der Waals surface area contributed by atoms with E-state index in [9.17, 15) is 9.59 Å². The van der Waals surface area contributed by atoms with Crippen molar-refractivity contribution < 1.29 is 9.59 Å². The highest BCUT2D eigenvalue weighted by Crippen LogP contribution is 2.26. The Morgan fingerprint density at radius 2 is 1.83 bits per heavy atom. The first-order chi connectivity index (χ1) is 11.1. The van der Waals surface area contributed by atoms with E-state index in [0.717, 1.165) is 44.1 Å². The summed E-state index contributed by atoms with van der Waals surface area (Å²) in [6.45, 7) is 6.94. The molecular formula is C16H25N5O2. The monoisotopic (exact) mass is 319 g/mol. The minimum Gasteiger partial charge on any atom is -0.367 e. The van der Waals surface area contributed by atoms with Crippen molar-refractivity contribution in [3.63, 3.8) is 0 Å². The van der Waals surface area contributed by atoms with Gasteiger partial charge in [0.1, 0.15) is 0 Å². The van der Waals surface area contributed by atoms with E-state index in [4.69, 9.17) is 5.73 Å². The highest BCUT2D eigenvalue weighted by Gasteiger charge is 2.18. The normalized spacial score (nSPS) is 15.3. The molecule has 0 atom stereocenters. The quantitative estimate of drug-likeness (QED) is 0.678. The average molecular weight is 319 g/mol. The van der Waals surface area contributed by atoms with E-state index in [1.54, 1.807) is 0 Å². The minimum absolute atomic E-state index is 0.0754. The second-order valence-electron chi connectivity index (χ2n) is 5.47. The number of hydrogen-bond donors (Lipinski definition) is 3. The Morgan fingerprint density at radius 1 is 1.13 bits per heavy atom. The van der Waals surface area contributed by atoms with Crippen LogP contribution in [0.5, 0.6) is 0 Å². The fourth-order valence-electron chi connectivity index (χ4n) is 2.61. The Balaban J connectivity index is 1.97. The number of nitrogens with two attached hydrogens (primary N) is 1. The minimum atomic E-state index is -0.343. The van der Waals surface area contributed by atoms with E-state index >= 15 is 0 Å². The van der Waals surface area contributed by atoms with Gasteiger partial charge in [0.25, 0.3) is 0 Å². The lowest BCUT2D eigenvalue weighted by atomic mass is 10.2. The molecule has 2 amide bonds. The van der Waals surface area contributed by atoms with Gasteiger partial charge in [-0.1, -0.05) is 19.1 Å². The van der Waals surface area contributed by atoms with Crippen molar-refractivity contribution in [3.05, 3.63) is 24.3 Å². The summed E-state index contributed by atoms with van der Waals surface area (Å²) in [5.41, 5.74) is 6.98. The number of para-hydroxylation sites is 2. The third kappa shape index (κ3) is 4.94. The predicted octanol–water partition coefficient (Wildman–Crippen LogP) is -0.158. The van der Waals surface area contributed by atoms with Gasteiger partial charge in [-0.2, -0.15) is 0 Å². The molecule has 1 saturated heterocycles. The Labute approximate surface area is 136 Å². The molecule has 1 aromatic rings. The number of nitrogens with zero attached hydrogens (tertiary/aromatic N) is 2. The van der Waals surface area contributed by atoms with Crippen molar-refractivity contribution in [2.24, 2.45) is 5.73 Å². The lowest BCUT2D eigenvalue weighted by molar-refractivity contribution is -0.123. The number of carbonyl (C=O) groups excluding carboxylic acids is 2. The van der Waals surface area contributed by atoms with Crippen molar-refractivity contribution in [1.82, 2.24) is 10.2 Å². The molecule has 7 nitrogen and oxygen atoms in total. The summed E-state index contributed by atoms with van der Waals surface area (Å²) in [7, 11) is 0. The number of amides is 2. The van der Waals surface area contributed by atoms with Crippen LogP contribution in [-0.4, -0.2) is 62.5 Å². The Bertz CT molecular complexity index is 541. The highest BCUT2D eigenvalue weighted by molar-refractivity contribution is 5.97. The molecule has 7 heteroatoms. The lowest BCUT2D eigenvalue weighted by Crippen LogP contribution is -2.46. The smallest absolute Gasteiger partial charge is 0.243 e. The van der Waals surface area contributed by atoms with Gasteiger partial charge in [-0.25, -0.2) is 0 Å². The number of hydrogen-bond acceptors (Lipinski definition) is 5. The number of carbonyl (C=O) groups is 2. The van der Waals surface area contributed by atoms with Crippen molar-refractivity contribution in [1.29, 1.82) is 0 Å². The molecule has 0 aromatic heterocycles. The van der Waals surface area contributed by atoms with Gasteiger partial charge in [0.05, 0.1) is 24.5 Å². The van der Waals surface area contributed by atoms with E-state index < -0.39 is 0 Å². The van der Waals surface area contributed by atoms with Crippen LogP contribution in [0.3, 0.4) is 0 Å². The van der Waals surface area contributed by atoms with Gasteiger partial charge in [-0.3, -0.25) is 9.59 Å². The van der Waals surface area contributed by atoms with Crippen molar-refractivity contribution in [3.8, 4) is 0 Å². The van der Waals surface area contributed by atoms with Gasteiger partial charge in [-0.15, -0.1) is 0 Å². The van der Waals surface area contributed by atoms with Crippen LogP contribution >= 0.6 is 0 Å². The van der Waals surface area contributed by atoms with Gasteiger partial charge in [0, 0.05) is 26.2 Å². The second-order valence-corrected chi connectivity index (χ2v) is 5.47. The van der Waals surface area contributed by atoms with Crippen LogP contribution in [0.2, 0.25) is 0 Å². The van der Waals surface area contributed by atoms with Gasteiger partial charge < -0.3 is 26.2 Å². The first-order valence-electron chi connectivity index (χ1n) is 7.97. The fourth-order valence-corrected chi connectivity index (χ4v) is 2.61. The third-order valence-corrected chi connectivity index (χ3v) is 3.97. The SMILES string of the molecule is CCN1CCN(c2ccccc2NC(=O)CNC(=O)CN)CC1. The first kappa shape index (κ1) is 17.2. The molecule has 0 spiro atoms. The Morgan fingerprint density at radius 3 is 2.48 bits per heavy atom. The van der Waals surface area contributed by atoms with Crippen LogP contribution in [0.1, 0.15) is 6.92 Å². The molecule has 1 aromatic carbocycles. The van der Waals surface area contributed by atoms with Crippen LogP contribution in [0, 0.1) is 0 Å². The number of benzene rings is 1. The van der Waals surface area contributed by atoms with Crippen LogP contribution in [-0.2, 0) is 9.59 Å². The largest absolute Gasteiger partial charge is 0.367 e. The molecule has 23 heavy (non-hydrogen) atoms. The van der Waals surface area contributed by atoms with Crippen LogP contribution in [0.15, 0.2) is 24.3 Å². The zero-order chi connectivity index (χ0) is 16.7. The summed E-state index contributed by atoms with van der Waals surface area (Å²) in [5, 5.41) is 5.33. The maximum atomic E-state index is 12.0. The molecule has 126 valence electrons. The van der Waals surface area contributed by atoms with Gasteiger partial charge in [0.2, 0.25) is 11.8 Å². The summed E-state index contributed by atoms with van der Waals surface area (Å²) in [4.78, 5) is 27.8.